The van der Waals surface area contributed by atoms with Gasteiger partial charge in [0, 0.05) is 36.5 Å². The molecule has 0 radical (unpaired) electrons. The summed E-state index contributed by atoms with van der Waals surface area (Å²) in [5.74, 6) is 1.28. The smallest absolute Gasteiger partial charge is 0.0335 e. The second-order valence-electron chi connectivity index (χ2n) is 6.11. The number of thioether (sulfide) groups is 1. The second kappa shape index (κ2) is 5.50. The minimum atomic E-state index is 0.340. The molecule has 1 saturated carbocycles. The first-order valence-corrected chi connectivity index (χ1v) is 8.53. The van der Waals surface area contributed by atoms with Crippen LogP contribution in [-0.2, 0) is 0 Å². The van der Waals surface area contributed by atoms with Gasteiger partial charge in [-0.25, -0.2) is 0 Å². The maximum absolute atomic E-state index is 3.84. The van der Waals surface area contributed by atoms with E-state index in [1.807, 2.05) is 11.8 Å². The molecule has 17 heavy (non-hydrogen) atoms. The molecule has 2 fully saturated rings. The largest absolute Gasteiger partial charge is 0.308 e. The summed E-state index contributed by atoms with van der Waals surface area (Å²) in [7, 11) is 0. The number of hydrogen-bond donors (Lipinski definition) is 1. The van der Waals surface area contributed by atoms with Gasteiger partial charge in [-0.05, 0) is 32.4 Å². The molecule has 100 valence electrons. The van der Waals surface area contributed by atoms with Crippen LogP contribution in [0.25, 0.3) is 0 Å². The highest BCUT2D eigenvalue weighted by molar-refractivity contribution is 7.98. The lowest BCUT2D eigenvalue weighted by molar-refractivity contribution is 0.0172. The van der Waals surface area contributed by atoms with Gasteiger partial charge in [-0.15, -0.1) is 0 Å². The fourth-order valence-corrected chi connectivity index (χ4v) is 3.82. The molecule has 0 aromatic rings. The van der Waals surface area contributed by atoms with Crippen molar-refractivity contribution in [3.05, 3.63) is 0 Å². The lowest BCUT2D eigenvalue weighted by atomic mass is 9.85. The van der Waals surface area contributed by atoms with Crippen LogP contribution in [0.2, 0.25) is 0 Å². The third kappa shape index (κ3) is 2.82. The molecule has 1 aliphatic carbocycles. The first kappa shape index (κ1) is 13.7. The molecule has 1 saturated heterocycles. The van der Waals surface area contributed by atoms with E-state index in [9.17, 15) is 0 Å². The van der Waals surface area contributed by atoms with Gasteiger partial charge in [-0.2, -0.15) is 11.8 Å². The third-order valence-corrected chi connectivity index (χ3v) is 5.53. The van der Waals surface area contributed by atoms with E-state index in [0.717, 1.165) is 0 Å². The van der Waals surface area contributed by atoms with Gasteiger partial charge in [0.25, 0.3) is 0 Å². The molecule has 0 bridgehead atoms. The van der Waals surface area contributed by atoms with Crippen molar-refractivity contribution in [2.45, 2.75) is 57.0 Å². The van der Waals surface area contributed by atoms with Gasteiger partial charge in [0.05, 0.1) is 0 Å². The minimum Gasteiger partial charge on any atom is -0.308 e. The van der Waals surface area contributed by atoms with Crippen molar-refractivity contribution < 1.29 is 0 Å². The normalized spacial score (nSPS) is 33.4. The molecule has 2 nitrogen and oxygen atoms in total. The van der Waals surface area contributed by atoms with Crippen molar-refractivity contribution in [3.8, 4) is 0 Å². The van der Waals surface area contributed by atoms with Crippen LogP contribution in [0.4, 0.5) is 0 Å². The Morgan fingerprint density at radius 3 is 2.59 bits per heavy atom. The lowest BCUT2D eigenvalue weighted by Crippen LogP contribution is -2.68. The monoisotopic (exact) mass is 256 g/mol. The van der Waals surface area contributed by atoms with Crippen LogP contribution in [0, 0.1) is 0 Å². The van der Waals surface area contributed by atoms with Crippen molar-refractivity contribution in [3.63, 3.8) is 0 Å². The zero-order chi connectivity index (χ0) is 12.4. The second-order valence-corrected chi connectivity index (χ2v) is 7.10. The molecule has 0 aromatic heterocycles. The van der Waals surface area contributed by atoms with E-state index in [-0.39, 0.29) is 0 Å². The highest BCUT2D eigenvalue weighted by Gasteiger charge is 2.45. The SMILES string of the molecule is CCC1(C)CN(CCSC)C2(CCCC2)CN1. The molecule has 0 amide bonds. The first-order chi connectivity index (χ1) is 8.14. The topological polar surface area (TPSA) is 15.3 Å². The van der Waals surface area contributed by atoms with Crippen LogP contribution in [0.15, 0.2) is 0 Å². The molecule has 3 heteroatoms. The van der Waals surface area contributed by atoms with Gasteiger partial charge in [-0.1, -0.05) is 19.8 Å². The number of nitrogens with one attached hydrogen (secondary N) is 1. The molecule has 1 N–H and O–H groups in total. The average molecular weight is 256 g/mol. The van der Waals surface area contributed by atoms with Crippen molar-refractivity contribution in [1.29, 1.82) is 0 Å². The van der Waals surface area contributed by atoms with E-state index in [1.165, 1.54) is 57.5 Å². The fourth-order valence-electron chi connectivity index (χ4n) is 3.42. The van der Waals surface area contributed by atoms with Crippen molar-refractivity contribution in [2.24, 2.45) is 0 Å². The Morgan fingerprint density at radius 1 is 1.29 bits per heavy atom. The molecule has 2 aliphatic rings. The van der Waals surface area contributed by atoms with Gasteiger partial charge in [-0.3, -0.25) is 4.90 Å². The summed E-state index contributed by atoms with van der Waals surface area (Å²) in [6, 6.07) is 0. The van der Waals surface area contributed by atoms with Gasteiger partial charge in [0.2, 0.25) is 0 Å². The Bertz CT molecular complexity index is 251. The van der Waals surface area contributed by atoms with Crippen molar-refractivity contribution in [2.75, 3.05) is 31.6 Å². The van der Waals surface area contributed by atoms with E-state index in [0.29, 0.717) is 11.1 Å². The quantitative estimate of drug-likeness (QED) is 0.832. The summed E-state index contributed by atoms with van der Waals surface area (Å²) in [5.41, 5.74) is 0.844. The summed E-state index contributed by atoms with van der Waals surface area (Å²) in [5, 5.41) is 3.84. The van der Waals surface area contributed by atoms with E-state index < -0.39 is 0 Å². The van der Waals surface area contributed by atoms with E-state index >= 15 is 0 Å². The van der Waals surface area contributed by atoms with Crippen LogP contribution in [0.3, 0.4) is 0 Å². The summed E-state index contributed by atoms with van der Waals surface area (Å²) in [6.45, 7) is 8.43. The van der Waals surface area contributed by atoms with Gasteiger partial charge < -0.3 is 5.32 Å². The van der Waals surface area contributed by atoms with E-state index in [4.69, 9.17) is 0 Å². The predicted molar refractivity (Wildman–Crippen MR) is 77.9 cm³/mol. The molecular formula is C14H28N2S. The molecule has 1 unspecified atom stereocenters. The average Bonchev–Trinajstić information content (AvgIpc) is 2.81. The maximum atomic E-state index is 3.84. The highest BCUT2D eigenvalue weighted by atomic mass is 32.2. The fraction of sp³-hybridized carbons (Fsp3) is 1.00. The molecule has 2 rings (SSSR count). The Hall–Kier alpha value is 0.270. The Kier molecular flexibility index (Phi) is 4.43. The van der Waals surface area contributed by atoms with Crippen LogP contribution in [0.1, 0.15) is 46.0 Å². The first-order valence-electron chi connectivity index (χ1n) is 7.13. The van der Waals surface area contributed by atoms with Gasteiger partial charge >= 0.3 is 0 Å². The summed E-state index contributed by atoms with van der Waals surface area (Å²) in [6.07, 6.45) is 9.14. The Balaban J connectivity index is 2.06. The summed E-state index contributed by atoms with van der Waals surface area (Å²) >= 11 is 1.98. The molecule has 0 aromatic carbocycles. The van der Waals surface area contributed by atoms with Gasteiger partial charge in [0.15, 0.2) is 0 Å². The zero-order valence-electron chi connectivity index (χ0n) is 11.7. The molecule has 1 atom stereocenters. The number of hydrogen-bond acceptors (Lipinski definition) is 3. The Morgan fingerprint density at radius 2 is 2.00 bits per heavy atom. The van der Waals surface area contributed by atoms with Crippen LogP contribution >= 0.6 is 11.8 Å². The number of piperazine rings is 1. The highest BCUT2D eigenvalue weighted by Crippen LogP contribution is 2.38. The van der Waals surface area contributed by atoms with Crippen LogP contribution in [0.5, 0.6) is 0 Å². The standard InChI is InChI=1S/C14H28N2S/c1-4-13(2)12-16(9-10-17-3)14(11-15-13)7-5-6-8-14/h15H,4-12H2,1-3H3. The minimum absolute atomic E-state index is 0.340. The summed E-state index contributed by atoms with van der Waals surface area (Å²) < 4.78 is 0. The summed E-state index contributed by atoms with van der Waals surface area (Å²) in [4.78, 5) is 2.82. The molecule has 1 spiro atoms. The van der Waals surface area contributed by atoms with E-state index in [1.54, 1.807) is 0 Å². The van der Waals surface area contributed by atoms with Crippen LogP contribution < -0.4 is 5.32 Å². The number of nitrogens with zero attached hydrogens (tertiary/aromatic N) is 1. The molecule has 1 aliphatic heterocycles. The maximum Gasteiger partial charge on any atom is 0.0335 e. The van der Waals surface area contributed by atoms with Gasteiger partial charge in [0.1, 0.15) is 0 Å². The molecule has 1 heterocycles. The van der Waals surface area contributed by atoms with E-state index in [2.05, 4.69) is 30.3 Å². The number of rotatable bonds is 4. The Labute approximate surface area is 111 Å². The molecular weight excluding hydrogens is 228 g/mol. The van der Waals surface area contributed by atoms with Crippen molar-refractivity contribution >= 4 is 11.8 Å². The lowest BCUT2D eigenvalue weighted by Gasteiger charge is -2.52. The third-order valence-electron chi connectivity index (χ3n) is 4.93. The predicted octanol–water partition coefficient (Wildman–Crippen LogP) is 2.74. The van der Waals surface area contributed by atoms with Crippen LogP contribution in [-0.4, -0.2) is 47.6 Å². The van der Waals surface area contributed by atoms with Crippen molar-refractivity contribution in [1.82, 2.24) is 10.2 Å². The zero-order valence-corrected chi connectivity index (χ0v) is 12.5.